The Balaban J connectivity index is 0.000000845. The first kappa shape index (κ1) is 10.7. The molecule has 2 nitrogen and oxygen atoms in total. The molecule has 2 heterocycles. The molecule has 70 valence electrons. The second kappa shape index (κ2) is 4.21. The first-order valence-corrected chi connectivity index (χ1v) is 5.04. The summed E-state index contributed by atoms with van der Waals surface area (Å²) in [6.07, 6.45) is 1.99. The van der Waals surface area contributed by atoms with Gasteiger partial charge < -0.3 is 4.57 Å². The van der Waals surface area contributed by atoms with Crippen LogP contribution in [0.2, 0.25) is 0 Å². The third-order valence-electron chi connectivity index (χ3n) is 1.80. The zero-order chi connectivity index (χ0) is 8.55. The first-order chi connectivity index (χ1) is 5.83. The Morgan fingerprint density at radius 1 is 1.62 bits per heavy atom. The highest BCUT2D eigenvalue weighted by Crippen LogP contribution is 2.18. The Bertz CT molecular complexity index is 458. The molecule has 0 bridgehead atoms. The molecule has 0 aliphatic carbocycles. The zero-order valence-electron chi connectivity index (χ0n) is 7.15. The Morgan fingerprint density at radius 3 is 3.08 bits per heavy atom. The number of thiazole rings is 1. The predicted molar refractivity (Wildman–Crippen MR) is 64.5 cm³/mol. The highest BCUT2D eigenvalue weighted by molar-refractivity contribution is 7.71. The Kier molecular flexibility index (Phi) is 3.47. The molecule has 0 saturated carbocycles. The maximum absolute atomic E-state index is 5.28. The third kappa shape index (κ3) is 1.77. The lowest BCUT2D eigenvalue weighted by molar-refractivity contribution is 0.752. The van der Waals surface area contributed by atoms with Crippen molar-refractivity contribution in [2.45, 2.75) is 13.5 Å². The van der Waals surface area contributed by atoms with E-state index >= 15 is 0 Å². The fourth-order valence-electron chi connectivity index (χ4n) is 1.14. The molecule has 2 rings (SSSR count). The minimum absolute atomic E-state index is 0. The quantitative estimate of drug-likeness (QED) is 0.701. The van der Waals surface area contributed by atoms with Gasteiger partial charge >= 0.3 is 0 Å². The van der Waals surface area contributed by atoms with E-state index < -0.39 is 0 Å². The molecule has 5 heteroatoms. The van der Waals surface area contributed by atoms with E-state index in [0.717, 1.165) is 21.4 Å². The second-order valence-electron chi connectivity index (χ2n) is 2.47. The molecule has 0 fully saturated rings. The van der Waals surface area contributed by atoms with Gasteiger partial charge in [-0.25, -0.2) is 4.98 Å². The molecule has 0 aliphatic heterocycles. The van der Waals surface area contributed by atoms with Gasteiger partial charge in [-0.3, -0.25) is 0 Å². The number of aryl methyl sites for hydroxylation is 1. The maximum atomic E-state index is 5.28. The van der Waals surface area contributed by atoms with Gasteiger partial charge in [0.15, 0.2) is 0 Å². The van der Waals surface area contributed by atoms with Crippen LogP contribution in [-0.4, -0.2) is 9.55 Å². The Labute approximate surface area is 92.7 Å². The minimum Gasteiger partial charge on any atom is -0.338 e. The molecular weight excluding hydrogens is 220 g/mol. The molecule has 2 aromatic rings. The van der Waals surface area contributed by atoms with Gasteiger partial charge in [0.1, 0.15) is 4.64 Å². The molecular formula is C8H10N2S3. The molecule has 0 aliphatic rings. The molecule has 0 N–H and O–H groups in total. The maximum Gasteiger partial charge on any atom is 0.125 e. The molecule has 0 unspecified atom stereocenters. The summed E-state index contributed by atoms with van der Waals surface area (Å²) in [4.78, 5) is 4.19. The van der Waals surface area contributed by atoms with Gasteiger partial charge in [-0.2, -0.15) is 13.5 Å². The minimum atomic E-state index is 0. The van der Waals surface area contributed by atoms with Crippen LogP contribution in [0.25, 0.3) is 10.2 Å². The van der Waals surface area contributed by atoms with Gasteiger partial charge in [-0.1, -0.05) is 12.2 Å². The van der Waals surface area contributed by atoms with Crippen molar-refractivity contribution in [1.82, 2.24) is 9.55 Å². The highest BCUT2D eigenvalue weighted by atomic mass is 32.1. The van der Waals surface area contributed by atoms with Gasteiger partial charge in [0.25, 0.3) is 0 Å². The molecule has 0 radical (unpaired) electrons. The first-order valence-electron chi connectivity index (χ1n) is 3.75. The second-order valence-corrected chi connectivity index (χ2v) is 3.72. The van der Waals surface area contributed by atoms with Gasteiger partial charge in [-0.05, 0) is 13.0 Å². The number of rotatable bonds is 1. The molecule has 2 aromatic heterocycles. The predicted octanol–water partition coefficient (Wildman–Crippen LogP) is 2.96. The van der Waals surface area contributed by atoms with Crippen molar-refractivity contribution in [2.75, 3.05) is 0 Å². The summed E-state index contributed by atoms with van der Waals surface area (Å²) in [6.45, 7) is 3.01. The number of fused-ring (bicyclic) bond motifs is 1. The van der Waals surface area contributed by atoms with E-state index in [1.807, 2.05) is 17.8 Å². The van der Waals surface area contributed by atoms with Crippen LogP contribution in [0.5, 0.6) is 0 Å². The van der Waals surface area contributed by atoms with E-state index in [4.69, 9.17) is 12.2 Å². The highest BCUT2D eigenvalue weighted by Gasteiger charge is 1.99. The standard InChI is InChI=1S/C8H8N2S2.H2S/c1-2-10-4-3-6-7(8(10)11)12-5-9-6;/h3-5H,2H2,1H3;1H2. The molecule has 0 spiro atoms. The van der Waals surface area contributed by atoms with Crippen LogP contribution >= 0.6 is 37.1 Å². The number of pyridine rings is 1. The summed E-state index contributed by atoms with van der Waals surface area (Å²) in [5.41, 5.74) is 2.84. The van der Waals surface area contributed by atoms with Crippen molar-refractivity contribution in [3.05, 3.63) is 22.4 Å². The fraction of sp³-hybridized carbons (Fsp3) is 0.250. The topological polar surface area (TPSA) is 17.8 Å². The zero-order valence-corrected chi connectivity index (χ0v) is 9.78. The van der Waals surface area contributed by atoms with Gasteiger partial charge in [0, 0.05) is 12.7 Å². The molecule has 0 aromatic carbocycles. The largest absolute Gasteiger partial charge is 0.338 e. The van der Waals surface area contributed by atoms with Crippen LogP contribution in [0.15, 0.2) is 17.8 Å². The number of aromatic nitrogens is 2. The molecule has 0 atom stereocenters. The lowest BCUT2D eigenvalue weighted by Gasteiger charge is -2.01. The van der Waals surface area contributed by atoms with E-state index in [2.05, 4.69) is 16.5 Å². The molecule has 13 heavy (non-hydrogen) atoms. The SMILES string of the molecule is CCn1ccc2ncsc2c1=S.S. The molecule has 0 amide bonds. The van der Waals surface area contributed by atoms with E-state index in [1.54, 1.807) is 11.3 Å². The van der Waals surface area contributed by atoms with Crippen molar-refractivity contribution in [3.8, 4) is 0 Å². The number of nitrogens with zero attached hydrogens (tertiary/aromatic N) is 2. The van der Waals surface area contributed by atoms with E-state index in [0.29, 0.717) is 0 Å². The van der Waals surface area contributed by atoms with E-state index in [9.17, 15) is 0 Å². The van der Waals surface area contributed by atoms with Crippen LogP contribution in [0, 0.1) is 4.64 Å². The van der Waals surface area contributed by atoms with E-state index in [1.165, 1.54) is 0 Å². The lowest BCUT2D eigenvalue weighted by Crippen LogP contribution is -1.95. The average molecular weight is 230 g/mol. The third-order valence-corrected chi connectivity index (χ3v) is 3.22. The number of hydrogen-bond donors (Lipinski definition) is 0. The lowest BCUT2D eigenvalue weighted by atomic mass is 10.4. The van der Waals surface area contributed by atoms with Crippen LogP contribution in [0.1, 0.15) is 6.92 Å². The average Bonchev–Trinajstić information content (AvgIpc) is 2.53. The van der Waals surface area contributed by atoms with Crippen LogP contribution in [0.3, 0.4) is 0 Å². The van der Waals surface area contributed by atoms with Gasteiger partial charge in [0.2, 0.25) is 0 Å². The summed E-state index contributed by atoms with van der Waals surface area (Å²) in [6, 6.07) is 2.01. The number of hydrogen-bond acceptors (Lipinski definition) is 3. The summed E-state index contributed by atoms with van der Waals surface area (Å²) in [5.74, 6) is 0. The van der Waals surface area contributed by atoms with Crippen molar-refractivity contribution in [2.24, 2.45) is 0 Å². The molecule has 0 saturated heterocycles. The monoisotopic (exact) mass is 230 g/mol. The Hall–Kier alpha value is -0.390. The fourth-order valence-corrected chi connectivity index (χ4v) is 2.31. The van der Waals surface area contributed by atoms with Crippen LogP contribution in [0.4, 0.5) is 0 Å². The van der Waals surface area contributed by atoms with Gasteiger partial charge in [-0.15, -0.1) is 11.3 Å². The Morgan fingerprint density at radius 2 is 2.38 bits per heavy atom. The summed E-state index contributed by atoms with van der Waals surface area (Å²) in [5, 5.41) is 0. The summed E-state index contributed by atoms with van der Waals surface area (Å²) in [7, 11) is 0. The smallest absolute Gasteiger partial charge is 0.125 e. The van der Waals surface area contributed by atoms with Crippen molar-refractivity contribution in [1.29, 1.82) is 0 Å². The van der Waals surface area contributed by atoms with Crippen molar-refractivity contribution in [3.63, 3.8) is 0 Å². The van der Waals surface area contributed by atoms with Gasteiger partial charge in [0.05, 0.1) is 15.7 Å². The summed E-state index contributed by atoms with van der Waals surface area (Å²) < 4.78 is 4.07. The van der Waals surface area contributed by atoms with E-state index in [-0.39, 0.29) is 13.5 Å². The van der Waals surface area contributed by atoms with Crippen LogP contribution in [-0.2, 0) is 6.54 Å². The van der Waals surface area contributed by atoms with Crippen LogP contribution < -0.4 is 0 Å². The normalized spacial score (nSPS) is 9.92. The van der Waals surface area contributed by atoms with Crippen molar-refractivity contribution >= 4 is 47.3 Å². The summed E-state index contributed by atoms with van der Waals surface area (Å²) >= 11 is 6.89. The van der Waals surface area contributed by atoms with Crippen molar-refractivity contribution < 1.29 is 0 Å².